The Labute approximate surface area is 101 Å². The van der Waals surface area contributed by atoms with Crippen LogP contribution in [0.1, 0.15) is 32.1 Å². The lowest BCUT2D eigenvalue weighted by molar-refractivity contribution is -0.122. The van der Waals surface area contributed by atoms with Crippen molar-refractivity contribution in [1.82, 2.24) is 14.9 Å². The highest BCUT2D eigenvalue weighted by atomic mass is 16.1. The maximum absolute atomic E-state index is 11.7. The molecule has 17 heavy (non-hydrogen) atoms. The van der Waals surface area contributed by atoms with E-state index in [2.05, 4.69) is 10.3 Å². The van der Waals surface area contributed by atoms with Crippen molar-refractivity contribution in [2.45, 2.75) is 50.7 Å². The smallest absolute Gasteiger partial charge is 0.222 e. The molecule has 1 saturated carbocycles. The van der Waals surface area contributed by atoms with Crippen LogP contribution < -0.4 is 11.1 Å². The number of nitrogens with one attached hydrogen (secondary N) is 1. The van der Waals surface area contributed by atoms with Gasteiger partial charge >= 0.3 is 0 Å². The highest BCUT2D eigenvalue weighted by molar-refractivity contribution is 5.76. The number of imidazole rings is 1. The number of amides is 1. The predicted molar refractivity (Wildman–Crippen MR) is 65.2 cm³/mol. The molecule has 1 aliphatic carbocycles. The van der Waals surface area contributed by atoms with Gasteiger partial charge in [0, 0.05) is 37.4 Å². The molecule has 0 atom stereocenters. The average molecular weight is 236 g/mol. The number of nitrogens with two attached hydrogens (primary N) is 1. The molecule has 1 aliphatic rings. The normalized spacial score (nSPS) is 24.5. The predicted octanol–water partition coefficient (Wildman–Crippen LogP) is 0.659. The molecule has 1 fully saturated rings. The van der Waals surface area contributed by atoms with E-state index in [1.165, 1.54) is 0 Å². The third kappa shape index (κ3) is 3.85. The molecule has 2 rings (SSSR count). The van der Waals surface area contributed by atoms with Crippen molar-refractivity contribution in [1.29, 1.82) is 0 Å². The number of aromatic nitrogens is 2. The number of carbonyl (C=O) groups is 1. The Kier molecular flexibility index (Phi) is 4.14. The zero-order valence-corrected chi connectivity index (χ0v) is 10.0. The molecule has 0 aromatic carbocycles. The average Bonchev–Trinajstić information content (AvgIpc) is 2.83. The van der Waals surface area contributed by atoms with E-state index in [-0.39, 0.29) is 5.91 Å². The fourth-order valence-electron chi connectivity index (χ4n) is 2.21. The first-order valence-corrected chi connectivity index (χ1v) is 6.25. The van der Waals surface area contributed by atoms with E-state index in [1.54, 1.807) is 12.5 Å². The molecule has 1 aromatic heterocycles. The Hall–Kier alpha value is -1.36. The summed E-state index contributed by atoms with van der Waals surface area (Å²) in [6, 6.07) is 0.652. The number of hydrogen-bond donors (Lipinski definition) is 2. The second kappa shape index (κ2) is 5.82. The number of aryl methyl sites for hydroxylation is 1. The standard InChI is InChI=1S/C12H20N4O/c13-10-1-3-11(4-2-10)15-12(17)5-7-16-8-6-14-9-16/h6,8-11H,1-5,7,13H2,(H,15,17). The molecule has 0 bridgehead atoms. The fraction of sp³-hybridized carbons (Fsp3) is 0.667. The van der Waals surface area contributed by atoms with E-state index in [9.17, 15) is 4.79 Å². The topological polar surface area (TPSA) is 72.9 Å². The highest BCUT2D eigenvalue weighted by Crippen LogP contribution is 2.16. The maximum atomic E-state index is 11.7. The first-order chi connectivity index (χ1) is 8.24. The molecule has 1 aromatic rings. The highest BCUT2D eigenvalue weighted by Gasteiger charge is 2.19. The molecule has 1 amide bonds. The van der Waals surface area contributed by atoms with Gasteiger partial charge in [-0.2, -0.15) is 0 Å². The molecule has 0 saturated heterocycles. The van der Waals surface area contributed by atoms with Gasteiger partial charge in [-0.1, -0.05) is 0 Å². The summed E-state index contributed by atoms with van der Waals surface area (Å²) in [5.41, 5.74) is 5.83. The van der Waals surface area contributed by atoms with Gasteiger partial charge in [-0.3, -0.25) is 4.79 Å². The number of hydrogen-bond acceptors (Lipinski definition) is 3. The summed E-state index contributed by atoms with van der Waals surface area (Å²) in [6.45, 7) is 0.693. The van der Waals surface area contributed by atoms with Crippen LogP contribution in [0.25, 0.3) is 0 Å². The maximum Gasteiger partial charge on any atom is 0.222 e. The second-order valence-corrected chi connectivity index (χ2v) is 4.73. The molecule has 94 valence electrons. The largest absolute Gasteiger partial charge is 0.353 e. The van der Waals surface area contributed by atoms with Gasteiger partial charge in [0.15, 0.2) is 0 Å². The van der Waals surface area contributed by atoms with Crippen LogP contribution in [0.15, 0.2) is 18.7 Å². The van der Waals surface area contributed by atoms with Crippen LogP contribution in [0.4, 0.5) is 0 Å². The number of carbonyl (C=O) groups excluding carboxylic acids is 1. The quantitative estimate of drug-likeness (QED) is 0.806. The third-order valence-corrected chi connectivity index (χ3v) is 3.29. The number of nitrogens with zero attached hydrogens (tertiary/aromatic N) is 2. The van der Waals surface area contributed by atoms with Gasteiger partial charge in [-0.05, 0) is 25.7 Å². The lowest BCUT2D eigenvalue weighted by Gasteiger charge is -2.26. The lowest BCUT2D eigenvalue weighted by atomic mass is 9.92. The summed E-state index contributed by atoms with van der Waals surface area (Å²) < 4.78 is 1.91. The van der Waals surface area contributed by atoms with Crippen LogP contribution in [0.5, 0.6) is 0 Å². The van der Waals surface area contributed by atoms with Gasteiger partial charge in [-0.25, -0.2) is 4.98 Å². The van der Waals surface area contributed by atoms with Crippen molar-refractivity contribution in [3.63, 3.8) is 0 Å². The zero-order chi connectivity index (χ0) is 12.1. The van der Waals surface area contributed by atoms with Crippen molar-refractivity contribution in [3.05, 3.63) is 18.7 Å². The Morgan fingerprint density at radius 2 is 2.18 bits per heavy atom. The molecule has 0 radical (unpaired) electrons. The minimum atomic E-state index is 0.124. The first kappa shape index (κ1) is 12.1. The lowest BCUT2D eigenvalue weighted by Crippen LogP contribution is -2.40. The van der Waals surface area contributed by atoms with E-state index in [0.717, 1.165) is 25.7 Å². The molecule has 0 unspecified atom stereocenters. The zero-order valence-electron chi connectivity index (χ0n) is 10.0. The van der Waals surface area contributed by atoms with Crippen LogP contribution in [0.2, 0.25) is 0 Å². The van der Waals surface area contributed by atoms with Crippen molar-refractivity contribution >= 4 is 5.91 Å². The van der Waals surface area contributed by atoms with E-state index in [0.29, 0.717) is 25.0 Å². The summed E-state index contributed by atoms with van der Waals surface area (Å²) >= 11 is 0. The molecular formula is C12H20N4O. The summed E-state index contributed by atoms with van der Waals surface area (Å²) in [5.74, 6) is 0.124. The summed E-state index contributed by atoms with van der Waals surface area (Å²) in [7, 11) is 0. The van der Waals surface area contributed by atoms with E-state index >= 15 is 0 Å². The van der Waals surface area contributed by atoms with Crippen LogP contribution in [-0.4, -0.2) is 27.5 Å². The van der Waals surface area contributed by atoms with Gasteiger partial charge in [0.2, 0.25) is 5.91 Å². The third-order valence-electron chi connectivity index (χ3n) is 3.29. The molecule has 1 heterocycles. The molecule has 0 aliphatic heterocycles. The van der Waals surface area contributed by atoms with Gasteiger partial charge < -0.3 is 15.6 Å². The van der Waals surface area contributed by atoms with Gasteiger partial charge in [0.1, 0.15) is 0 Å². The van der Waals surface area contributed by atoms with Gasteiger partial charge in [-0.15, -0.1) is 0 Å². The van der Waals surface area contributed by atoms with Crippen molar-refractivity contribution in [2.24, 2.45) is 5.73 Å². The van der Waals surface area contributed by atoms with Crippen LogP contribution in [-0.2, 0) is 11.3 Å². The van der Waals surface area contributed by atoms with E-state index in [4.69, 9.17) is 5.73 Å². The summed E-state index contributed by atoms with van der Waals surface area (Å²) in [5, 5.41) is 3.07. The van der Waals surface area contributed by atoms with Gasteiger partial charge in [0.25, 0.3) is 0 Å². The van der Waals surface area contributed by atoms with Crippen molar-refractivity contribution in [2.75, 3.05) is 0 Å². The molecule has 0 spiro atoms. The Morgan fingerprint density at radius 3 is 2.82 bits per heavy atom. The molecular weight excluding hydrogens is 216 g/mol. The Bertz CT molecular complexity index is 341. The van der Waals surface area contributed by atoms with E-state index in [1.807, 2.05) is 10.8 Å². The number of rotatable bonds is 4. The van der Waals surface area contributed by atoms with Crippen molar-refractivity contribution in [3.8, 4) is 0 Å². The van der Waals surface area contributed by atoms with Crippen LogP contribution >= 0.6 is 0 Å². The van der Waals surface area contributed by atoms with Crippen LogP contribution in [0.3, 0.4) is 0 Å². The SMILES string of the molecule is NC1CCC(NC(=O)CCn2ccnc2)CC1. The summed E-state index contributed by atoms with van der Waals surface area (Å²) in [6.07, 6.45) is 9.90. The Balaban J connectivity index is 1.67. The Morgan fingerprint density at radius 1 is 1.41 bits per heavy atom. The monoisotopic (exact) mass is 236 g/mol. The van der Waals surface area contributed by atoms with Gasteiger partial charge in [0.05, 0.1) is 6.33 Å². The fourth-order valence-corrected chi connectivity index (χ4v) is 2.21. The second-order valence-electron chi connectivity index (χ2n) is 4.73. The minimum absolute atomic E-state index is 0.124. The molecule has 5 nitrogen and oxygen atoms in total. The molecule has 3 N–H and O–H groups in total. The van der Waals surface area contributed by atoms with Crippen LogP contribution in [0, 0.1) is 0 Å². The van der Waals surface area contributed by atoms with Crippen molar-refractivity contribution < 1.29 is 4.79 Å². The summed E-state index contributed by atoms with van der Waals surface area (Å²) in [4.78, 5) is 15.7. The van der Waals surface area contributed by atoms with E-state index < -0.39 is 0 Å². The molecule has 5 heteroatoms. The minimum Gasteiger partial charge on any atom is -0.353 e. The first-order valence-electron chi connectivity index (χ1n) is 6.25.